The molecule has 2 heterocycles. The van der Waals surface area contributed by atoms with Crippen molar-refractivity contribution in [1.29, 1.82) is 0 Å². The molecular formula is C34H55Cl2FN4O3. The van der Waals surface area contributed by atoms with Crippen LogP contribution in [0.25, 0.3) is 0 Å². The van der Waals surface area contributed by atoms with Gasteiger partial charge in [-0.1, -0.05) is 89.6 Å². The Morgan fingerprint density at radius 3 is 2.34 bits per heavy atom. The van der Waals surface area contributed by atoms with Crippen LogP contribution in [0.5, 0.6) is 0 Å². The molecule has 0 bridgehead atoms. The Balaban J connectivity index is 0.000000772. The first-order valence-electron chi connectivity index (χ1n) is 15.5. The molecule has 0 spiro atoms. The van der Waals surface area contributed by atoms with Gasteiger partial charge >= 0.3 is 0 Å². The van der Waals surface area contributed by atoms with E-state index in [2.05, 4.69) is 55.1 Å². The first-order valence-corrected chi connectivity index (χ1v) is 16.2. The predicted octanol–water partition coefficient (Wildman–Crippen LogP) is 7.12. The van der Waals surface area contributed by atoms with Gasteiger partial charge in [0.25, 0.3) is 0 Å². The number of rotatable bonds is 12. The van der Waals surface area contributed by atoms with Gasteiger partial charge in [0.1, 0.15) is 5.82 Å². The average Bonchev–Trinajstić information content (AvgIpc) is 3.46. The van der Waals surface area contributed by atoms with E-state index in [1.54, 1.807) is 12.2 Å². The number of piperidine rings is 1. The summed E-state index contributed by atoms with van der Waals surface area (Å²) in [6.07, 6.45) is 11.5. The fourth-order valence-electron chi connectivity index (χ4n) is 4.56. The average molecular weight is 658 g/mol. The van der Waals surface area contributed by atoms with E-state index in [0.29, 0.717) is 35.1 Å². The number of carbonyl (C=O) groups excluding carboxylic acids is 2. The van der Waals surface area contributed by atoms with E-state index in [1.807, 2.05) is 26.0 Å². The lowest BCUT2D eigenvalue weighted by molar-refractivity contribution is -0.109. The third-order valence-corrected chi connectivity index (χ3v) is 7.26. The Hall–Kier alpha value is -2.23. The summed E-state index contributed by atoms with van der Waals surface area (Å²) in [5, 5.41) is 18.1. The van der Waals surface area contributed by atoms with Crippen molar-refractivity contribution in [1.82, 2.24) is 15.5 Å². The van der Waals surface area contributed by atoms with E-state index in [4.69, 9.17) is 28.3 Å². The maximum Gasteiger partial charge on any atom is 0.211 e. The van der Waals surface area contributed by atoms with Crippen molar-refractivity contribution in [3.8, 4) is 0 Å². The van der Waals surface area contributed by atoms with Crippen molar-refractivity contribution in [2.75, 3.05) is 51.2 Å². The number of allylic oxidation sites excluding steroid dienone is 5. The van der Waals surface area contributed by atoms with Crippen molar-refractivity contribution in [3.05, 3.63) is 64.5 Å². The summed E-state index contributed by atoms with van der Waals surface area (Å²) in [6.45, 7) is 21.9. The molecule has 2 aliphatic rings. The number of carbonyl (C=O) groups is 2. The van der Waals surface area contributed by atoms with Gasteiger partial charge in [-0.25, -0.2) is 4.39 Å². The van der Waals surface area contributed by atoms with E-state index >= 15 is 0 Å². The smallest absolute Gasteiger partial charge is 0.211 e. The van der Waals surface area contributed by atoms with Crippen LogP contribution in [0, 0.1) is 23.1 Å². The molecule has 2 saturated heterocycles. The van der Waals surface area contributed by atoms with E-state index in [-0.39, 0.29) is 16.9 Å². The Morgan fingerprint density at radius 1 is 1.16 bits per heavy atom. The molecule has 2 atom stereocenters. The molecule has 10 heteroatoms. The summed E-state index contributed by atoms with van der Waals surface area (Å²) >= 11 is 11.7. The van der Waals surface area contributed by atoms with Crippen LogP contribution in [0.1, 0.15) is 72.3 Å². The highest BCUT2D eigenvalue weighted by Gasteiger charge is 2.30. The Labute approximate surface area is 275 Å². The molecule has 2 amide bonds. The molecule has 3 rings (SSSR count). The lowest BCUT2D eigenvalue weighted by Gasteiger charge is -2.30. The third kappa shape index (κ3) is 18.5. The predicted molar refractivity (Wildman–Crippen MR) is 185 cm³/mol. The minimum atomic E-state index is -0.481. The summed E-state index contributed by atoms with van der Waals surface area (Å²) in [7, 11) is 0. The van der Waals surface area contributed by atoms with E-state index in [0.717, 1.165) is 70.5 Å². The van der Waals surface area contributed by atoms with E-state index < -0.39 is 5.82 Å². The SMILES string of the molecule is C=C/C(Cl)=C\C=C/C[C@H]1CNC[C@H]1c1cc(F)c(Cl)cc1NC=O.CC.CC(C)(C)C.O=CNCCN1CCC(CO)CC1. The molecule has 1 aromatic carbocycles. The fourth-order valence-corrected chi connectivity index (χ4v) is 4.79. The molecule has 2 fully saturated rings. The second-order valence-corrected chi connectivity index (χ2v) is 12.9. The van der Waals surface area contributed by atoms with Crippen molar-refractivity contribution < 1.29 is 19.1 Å². The minimum absolute atomic E-state index is 0.00490. The number of halogens is 3. The van der Waals surface area contributed by atoms with Gasteiger partial charge in [0.2, 0.25) is 12.8 Å². The number of anilines is 1. The highest BCUT2D eigenvalue weighted by molar-refractivity contribution is 6.31. The van der Waals surface area contributed by atoms with Crippen LogP contribution in [0.4, 0.5) is 10.1 Å². The van der Waals surface area contributed by atoms with Crippen molar-refractivity contribution in [2.45, 2.75) is 66.7 Å². The fraction of sp³-hybridized carbons (Fsp3) is 0.588. The number of nitrogens with one attached hydrogen (secondary N) is 3. The van der Waals surface area contributed by atoms with Crippen LogP contribution in [0.15, 0.2) is 48.0 Å². The van der Waals surface area contributed by atoms with Gasteiger partial charge in [0.15, 0.2) is 0 Å². The molecule has 2 aliphatic heterocycles. The summed E-state index contributed by atoms with van der Waals surface area (Å²) in [4.78, 5) is 23.1. The monoisotopic (exact) mass is 656 g/mol. The number of aliphatic hydroxyl groups excluding tert-OH is 1. The minimum Gasteiger partial charge on any atom is -0.396 e. The molecule has 7 nitrogen and oxygen atoms in total. The van der Waals surface area contributed by atoms with Crippen molar-refractivity contribution >= 4 is 41.7 Å². The van der Waals surface area contributed by atoms with Crippen molar-refractivity contribution in [3.63, 3.8) is 0 Å². The molecule has 0 aromatic heterocycles. The van der Waals surface area contributed by atoms with Gasteiger partial charge < -0.3 is 26.0 Å². The number of amides is 2. The Morgan fingerprint density at radius 2 is 1.80 bits per heavy atom. The number of aliphatic hydroxyl groups is 1. The first kappa shape index (κ1) is 41.8. The normalized spacial score (nSPS) is 19.0. The Kier molecular flexibility index (Phi) is 22.8. The zero-order valence-corrected chi connectivity index (χ0v) is 29.0. The van der Waals surface area contributed by atoms with Crippen LogP contribution in [0.2, 0.25) is 5.02 Å². The molecular weight excluding hydrogens is 602 g/mol. The molecule has 4 N–H and O–H groups in total. The topological polar surface area (TPSA) is 93.7 Å². The molecule has 0 unspecified atom stereocenters. The maximum absolute atomic E-state index is 13.9. The zero-order valence-electron chi connectivity index (χ0n) is 27.5. The second-order valence-electron chi connectivity index (χ2n) is 12.1. The van der Waals surface area contributed by atoms with Gasteiger partial charge in [0, 0.05) is 42.9 Å². The van der Waals surface area contributed by atoms with E-state index in [1.165, 1.54) is 12.1 Å². The summed E-state index contributed by atoms with van der Waals surface area (Å²) in [6, 6.07) is 2.87. The Bertz CT molecular complexity index is 1020. The molecule has 44 heavy (non-hydrogen) atoms. The molecule has 250 valence electrons. The lowest BCUT2D eigenvalue weighted by Crippen LogP contribution is -2.38. The largest absolute Gasteiger partial charge is 0.396 e. The summed E-state index contributed by atoms with van der Waals surface area (Å²) < 4.78 is 13.9. The maximum atomic E-state index is 13.9. The van der Waals surface area contributed by atoms with Crippen molar-refractivity contribution in [2.24, 2.45) is 17.3 Å². The highest BCUT2D eigenvalue weighted by Crippen LogP contribution is 2.37. The standard InChI is InChI=1S/C18H19Cl2FN2O.C9H18N2O2.C5H12.C2H6/c1-2-13(19)6-4-3-5-12-9-22-10-15(12)14-7-17(21)16(20)8-18(14)23-11-24;12-7-9-1-4-11(5-2-9)6-3-10-8-13;1-5(2,3)4;1-2/h2-4,6-8,11-12,15,22H,1,5,9-10H2,(H,23,24);8-9,12H,1-7H2,(H,10,13);1-4H3;1-2H3/b4-3-,13-6+;;;/t12-,15+;;;/m0.../s1. The summed E-state index contributed by atoms with van der Waals surface area (Å²) in [5.41, 5.74) is 1.81. The van der Waals surface area contributed by atoms with Crippen LogP contribution >= 0.6 is 23.2 Å². The molecule has 1 aromatic rings. The quantitative estimate of drug-likeness (QED) is 0.109. The van der Waals surface area contributed by atoms with E-state index in [9.17, 15) is 14.0 Å². The number of hydrogen-bond acceptors (Lipinski definition) is 5. The number of likely N-dealkylation sites (tertiary alicyclic amines) is 1. The first-order chi connectivity index (χ1) is 20.9. The van der Waals surface area contributed by atoms with Crippen LogP contribution in [0.3, 0.4) is 0 Å². The summed E-state index contributed by atoms with van der Waals surface area (Å²) in [5.74, 6) is 0.382. The van der Waals surface area contributed by atoms with Gasteiger partial charge in [-0.2, -0.15) is 0 Å². The number of benzene rings is 1. The molecule has 0 aliphatic carbocycles. The zero-order chi connectivity index (χ0) is 33.5. The lowest BCUT2D eigenvalue weighted by atomic mass is 9.85. The third-order valence-electron chi connectivity index (χ3n) is 6.69. The van der Waals surface area contributed by atoms with Gasteiger partial charge in [-0.05, 0) is 79.9 Å². The van der Waals surface area contributed by atoms with Crippen LogP contribution < -0.4 is 16.0 Å². The van der Waals surface area contributed by atoms with Gasteiger partial charge in [-0.15, -0.1) is 0 Å². The number of nitrogens with zero attached hydrogens (tertiary/aromatic N) is 1. The highest BCUT2D eigenvalue weighted by atomic mass is 35.5. The van der Waals surface area contributed by atoms with Crippen LogP contribution in [-0.4, -0.2) is 68.7 Å². The van der Waals surface area contributed by atoms with Crippen LogP contribution in [-0.2, 0) is 9.59 Å². The van der Waals surface area contributed by atoms with Gasteiger partial charge in [0.05, 0.1) is 5.02 Å². The number of hydrogen-bond donors (Lipinski definition) is 4. The molecule has 0 radical (unpaired) electrons. The molecule has 0 saturated carbocycles. The second kappa shape index (κ2) is 24.1. The van der Waals surface area contributed by atoms with Gasteiger partial charge in [-0.3, -0.25) is 9.59 Å².